The predicted octanol–water partition coefficient (Wildman–Crippen LogP) is 1.20. The summed E-state index contributed by atoms with van der Waals surface area (Å²) >= 11 is 6.13. The van der Waals surface area contributed by atoms with E-state index in [2.05, 4.69) is 15.4 Å². The second kappa shape index (κ2) is 8.39. The van der Waals surface area contributed by atoms with Crippen molar-refractivity contribution >= 4 is 23.5 Å². The standard InChI is InChI=1S/C18H19ClN4O5/c19-14-5-4-12(23-18(28)22-15(24)9-21-23)7-13(14)16(25)20-8-10-2-1-3-11(6-10)17(26)27/h4-5,7,9-11H,1-3,6,8H2,(H,20,25)(H,26,27)(H,22,24,28). The Bertz CT molecular complexity index is 1020. The number of benzene rings is 1. The molecule has 1 aliphatic rings. The van der Waals surface area contributed by atoms with Crippen molar-refractivity contribution in [3.63, 3.8) is 0 Å². The second-order valence-corrected chi connectivity index (χ2v) is 7.20. The molecule has 3 rings (SSSR count). The van der Waals surface area contributed by atoms with Gasteiger partial charge in [0.15, 0.2) is 0 Å². The van der Waals surface area contributed by atoms with Crippen LogP contribution in [0.15, 0.2) is 34.0 Å². The summed E-state index contributed by atoms with van der Waals surface area (Å²) in [6.07, 6.45) is 3.81. The van der Waals surface area contributed by atoms with Crippen LogP contribution in [0.2, 0.25) is 5.02 Å². The molecule has 0 aliphatic heterocycles. The number of hydrogen-bond donors (Lipinski definition) is 3. The van der Waals surface area contributed by atoms with Gasteiger partial charge in [-0.15, -0.1) is 0 Å². The number of carbonyl (C=O) groups is 2. The van der Waals surface area contributed by atoms with E-state index in [1.807, 2.05) is 0 Å². The highest BCUT2D eigenvalue weighted by atomic mass is 35.5. The van der Waals surface area contributed by atoms with Gasteiger partial charge in [0.25, 0.3) is 11.5 Å². The summed E-state index contributed by atoms with van der Waals surface area (Å²) in [5.74, 6) is -1.52. The van der Waals surface area contributed by atoms with Gasteiger partial charge in [-0.3, -0.25) is 19.4 Å². The highest BCUT2D eigenvalue weighted by Crippen LogP contribution is 2.29. The fourth-order valence-corrected chi connectivity index (χ4v) is 3.59. The van der Waals surface area contributed by atoms with E-state index in [4.69, 9.17) is 16.7 Å². The van der Waals surface area contributed by atoms with E-state index in [1.165, 1.54) is 18.2 Å². The van der Waals surface area contributed by atoms with E-state index >= 15 is 0 Å². The molecule has 3 N–H and O–H groups in total. The quantitative estimate of drug-likeness (QED) is 0.682. The Morgan fingerprint density at radius 3 is 2.82 bits per heavy atom. The van der Waals surface area contributed by atoms with Crippen LogP contribution in [-0.2, 0) is 4.79 Å². The summed E-state index contributed by atoms with van der Waals surface area (Å²) in [5.41, 5.74) is -0.924. The van der Waals surface area contributed by atoms with Crippen LogP contribution in [-0.4, -0.2) is 38.3 Å². The summed E-state index contributed by atoms with van der Waals surface area (Å²) in [4.78, 5) is 48.9. The predicted molar refractivity (Wildman–Crippen MR) is 101 cm³/mol. The number of amides is 1. The van der Waals surface area contributed by atoms with Gasteiger partial charge >= 0.3 is 11.7 Å². The first-order valence-corrected chi connectivity index (χ1v) is 9.22. The van der Waals surface area contributed by atoms with Crippen molar-refractivity contribution in [3.05, 3.63) is 55.8 Å². The number of aliphatic carboxylic acids is 1. The molecule has 10 heteroatoms. The average molecular weight is 407 g/mol. The van der Waals surface area contributed by atoms with E-state index in [-0.39, 0.29) is 28.1 Å². The lowest BCUT2D eigenvalue weighted by molar-refractivity contribution is -0.143. The van der Waals surface area contributed by atoms with E-state index in [1.54, 1.807) is 0 Å². The topological polar surface area (TPSA) is 134 Å². The zero-order valence-electron chi connectivity index (χ0n) is 14.9. The molecule has 1 aliphatic carbocycles. The summed E-state index contributed by atoms with van der Waals surface area (Å²) < 4.78 is 0.951. The molecule has 1 amide bonds. The molecule has 2 unspecified atom stereocenters. The number of aromatic amines is 1. The Morgan fingerprint density at radius 2 is 2.11 bits per heavy atom. The lowest BCUT2D eigenvalue weighted by Crippen LogP contribution is -2.34. The van der Waals surface area contributed by atoms with Crippen molar-refractivity contribution in [2.75, 3.05) is 6.54 Å². The van der Waals surface area contributed by atoms with Gasteiger partial charge in [-0.05, 0) is 43.4 Å². The zero-order chi connectivity index (χ0) is 20.3. The smallest absolute Gasteiger partial charge is 0.349 e. The lowest BCUT2D eigenvalue weighted by Gasteiger charge is -2.26. The largest absolute Gasteiger partial charge is 0.481 e. The Hall–Kier alpha value is -2.94. The van der Waals surface area contributed by atoms with Crippen molar-refractivity contribution < 1.29 is 14.7 Å². The average Bonchev–Trinajstić information content (AvgIpc) is 2.67. The minimum Gasteiger partial charge on any atom is -0.481 e. The van der Waals surface area contributed by atoms with Crippen molar-refractivity contribution in [2.24, 2.45) is 11.8 Å². The minimum atomic E-state index is -0.800. The highest BCUT2D eigenvalue weighted by molar-refractivity contribution is 6.33. The summed E-state index contributed by atoms with van der Waals surface area (Å²) in [5, 5.41) is 15.9. The molecule has 0 saturated heterocycles. The molecule has 9 nitrogen and oxygen atoms in total. The monoisotopic (exact) mass is 406 g/mol. The molecule has 1 fully saturated rings. The van der Waals surface area contributed by atoms with E-state index in [9.17, 15) is 19.2 Å². The summed E-state index contributed by atoms with van der Waals surface area (Å²) in [6, 6.07) is 4.38. The molecule has 1 aromatic heterocycles. The Balaban J connectivity index is 1.74. The number of halogens is 1. The number of carboxylic acid groups (broad SMARTS) is 1. The third kappa shape index (κ3) is 4.48. The molecule has 0 bridgehead atoms. The highest BCUT2D eigenvalue weighted by Gasteiger charge is 2.27. The molecule has 0 radical (unpaired) electrons. The molecule has 2 aromatic rings. The lowest BCUT2D eigenvalue weighted by atomic mass is 9.81. The van der Waals surface area contributed by atoms with Crippen molar-refractivity contribution in [2.45, 2.75) is 25.7 Å². The van der Waals surface area contributed by atoms with Crippen LogP contribution in [0.25, 0.3) is 5.69 Å². The molecule has 148 valence electrons. The Labute approximate surface area is 164 Å². The molecule has 1 aromatic carbocycles. The first-order valence-electron chi connectivity index (χ1n) is 8.84. The number of H-pyrrole nitrogens is 1. The minimum absolute atomic E-state index is 0.0873. The normalized spacial score (nSPS) is 19.2. The van der Waals surface area contributed by atoms with Gasteiger partial charge in [-0.2, -0.15) is 9.78 Å². The molecule has 0 spiro atoms. The van der Waals surface area contributed by atoms with Gasteiger partial charge in [-0.25, -0.2) is 4.79 Å². The number of carboxylic acids is 1. The van der Waals surface area contributed by atoms with Gasteiger partial charge in [0, 0.05) is 6.54 Å². The molecule has 2 atom stereocenters. The maximum Gasteiger partial charge on any atom is 0.349 e. The SMILES string of the molecule is O=C(NCC1CCCC(C(=O)O)C1)c1cc(-n2ncc(=O)[nH]c2=O)ccc1Cl. The van der Waals surface area contributed by atoms with Gasteiger partial charge in [0.1, 0.15) is 6.20 Å². The Kier molecular flexibility index (Phi) is 5.93. The first-order chi connectivity index (χ1) is 13.3. The van der Waals surface area contributed by atoms with Crippen LogP contribution in [0.4, 0.5) is 0 Å². The maximum absolute atomic E-state index is 12.6. The van der Waals surface area contributed by atoms with Gasteiger partial charge in [0.2, 0.25) is 0 Å². The third-order valence-corrected chi connectivity index (χ3v) is 5.17. The number of hydrogen-bond acceptors (Lipinski definition) is 5. The molecule has 1 saturated carbocycles. The van der Waals surface area contributed by atoms with E-state index < -0.39 is 23.1 Å². The van der Waals surface area contributed by atoms with Gasteiger partial charge < -0.3 is 10.4 Å². The molecular formula is C18H19ClN4O5. The van der Waals surface area contributed by atoms with Crippen molar-refractivity contribution in [3.8, 4) is 5.69 Å². The zero-order valence-corrected chi connectivity index (χ0v) is 15.6. The van der Waals surface area contributed by atoms with Crippen molar-refractivity contribution in [1.82, 2.24) is 20.1 Å². The van der Waals surface area contributed by atoms with Crippen molar-refractivity contribution in [1.29, 1.82) is 0 Å². The fourth-order valence-electron chi connectivity index (χ4n) is 3.39. The van der Waals surface area contributed by atoms with Crippen LogP contribution in [0.1, 0.15) is 36.0 Å². The number of nitrogens with zero attached hydrogens (tertiary/aromatic N) is 2. The summed E-state index contributed by atoms with van der Waals surface area (Å²) in [6.45, 7) is 0.347. The number of rotatable bonds is 5. The van der Waals surface area contributed by atoms with Crippen LogP contribution < -0.4 is 16.6 Å². The van der Waals surface area contributed by atoms with Gasteiger partial charge in [0.05, 0.1) is 22.2 Å². The molecule has 28 heavy (non-hydrogen) atoms. The van der Waals surface area contributed by atoms with Crippen LogP contribution >= 0.6 is 11.6 Å². The number of nitrogens with one attached hydrogen (secondary N) is 2. The second-order valence-electron chi connectivity index (χ2n) is 6.79. The first kappa shape index (κ1) is 19.8. The number of aromatic nitrogens is 3. The van der Waals surface area contributed by atoms with E-state index in [0.717, 1.165) is 23.7 Å². The van der Waals surface area contributed by atoms with Gasteiger partial charge in [-0.1, -0.05) is 18.0 Å². The Morgan fingerprint density at radius 1 is 1.32 bits per heavy atom. The van der Waals surface area contributed by atoms with Crippen LogP contribution in [0, 0.1) is 11.8 Å². The third-order valence-electron chi connectivity index (χ3n) is 4.84. The number of carbonyl (C=O) groups excluding carboxylic acids is 1. The molecular weight excluding hydrogens is 388 g/mol. The maximum atomic E-state index is 12.6. The molecule has 1 heterocycles. The fraction of sp³-hybridized carbons (Fsp3) is 0.389. The van der Waals surface area contributed by atoms with Crippen LogP contribution in [0.5, 0.6) is 0 Å². The summed E-state index contributed by atoms with van der Waals surface area (Å²) in [7, 11) is 0. The van der Waals surface area contributed by atoms with E-state index in [0.29, 0.717) is 19.4 Å². The van der Waals surface area contributed by atoms with Crippen LogP contribution in [0.3, 0.4) is 0 Å².